The molecule has 4 rings (SSSR count). The van der Waals surface area contributed by atoms with Crippen LogP contribution in [-0.4, -0.2) is 20.7 Å². The zero-order chi connectivity index (χ0) is 21.3. The Kier molecular flexibility index (Phi) is 5.14. The van der Waals surface area contributed by atoms with Crippen molar-refractivity contribution in [3.63, 3.8) is 0 Å². The van der Waals surface area contributed by atoms with Crippen molar-refractivity contribution in [3.05, 3.63) is 95.1 Å². The van der Waals surface area contributed by atoms with Crippen molar-refractivity contribution in [1.82, 2.24) is 14.8 Å². The third-order valence-corrected chi connectivity index (χ3v) is 4.81. The Morgan fingerprint density at radius 3 is 2.27 bits per heavy atom. The van der Waals surface area contributed by atoms with E-state index in [2.05, 4.69) is 15.4 Å². The van der Waals surface area contributed by atoms with Crippen LogP contribution in [0.5, 0.6) is 0 Å². The topological polar surface area (TPSA) is 59.8 Å². The molecule has 3 aromatic carbocycles. The van der Waals surface area contributed by atoms with Gasteiger partial charge in [-0.1, -0.05) is 42.0 Å². The van der Waals surface area contributed by atoms with E-state index in [1.54, 1.807) is 4.68 Å². The second kappa shape index (κ2) is 7.91. The highest BCUT2D eigenvalue weighted by molar-refractivity contribution is 6.01. The van der Waals surface area contributed by atoms with Crippen LogP contribution in [0.15, 0.2) is 66.7 Å². The summed E-state index contributed by atoms with van der Waals surface area (Å²) in [4.78, 5) is 17.3. The fourth-order valence-electron chi connectivity index (χ4n) is 3.13. The molecule has 0 atom stereocenters. The Bertz CT molecular complexity index is 1210. The van der Waals surface area contributed by atoms with Gasteiger partial charge in [-0.15, -0.1) is 5.10 Å². The Balaban J connectivity index is 1.79. The monoisotopic (exact) mass is 400 g/mol. The van der Waals surface area contributed by atoms with E-state index in [1.165, 1.54) is 24.3 Å². The fourth-order valence-corrected chi connectivity index (χ4v) is 3.13. The lowest BCUT2D eigenvalue weighted by Crippen LogP contribution is -2.14. The third-order valence-electron chi connectivity index (χ3n) is 4.81. The van der Waals surface area contributed by atoms with Crippen LogP contribution in [0.3, 0.4) is 0 Å². The normalized spacial score (nSPS) is 10.8. The number of rotatable bonds is 4. The average Bonchev–Trinajstić information content (AvgIpc) is 3.17. The number of carbonyl (C=O) groups is 1. The number of benzene rings is 3. The molecule has 6 heteroatoms. The molecule has 1 N–H and O–H groups in total. The predicted octanol–water partition coefficient (Wildman–Crippen LogP) is 5.25. The maximum atomic E-state index is 13.1. The molecule has 0 aliphatic rings. The molecule has 4 aromatic rings. The maximum absolute atomic E-state index is 13.1. The predicted molar refractivity (Wildman–Crippen MR) is 115 cm³/mol. The van der Waals surface area contributed by atoms with Crippen LogP contribution in [0.1, 0.15) is 27.3 Å². The summed E-state index contributed by atoms with van der Waals surface area (Å²) < 4.78 is 14.8. The van der Waals surface area contributed by atoms with Crippen LogP contribution in [0.2, 0.25) is 0 Å². The van der Waals surface area contributed by atoms with Gasteiger partial charge >= 0.3 is 0 Å². The van der Waals surface area contributed by atoms with Gasteiger partial charge in [-0.05, 0) is 62.2 Å². The molecule has 1 amide bonds. The van der Waals surface area contributed by atoms with Crippen molar-refractivity contribution in [2.24, 2.45) is 0 Å². The molecule has 5 nitrogen and oxygen atoms in total. The van der Waals surface area contributed by atoms with E-state index in [1.807, 2.05) is 63.2 Å². The SMILES string of the molecule is Cc1ccc(-c2nc(C(=O)Nc3ccc(F)cc3)nn2-c2cc(C)ccc2C)cc1. The van der Waals surface area contributed by atoms with Gasteiger partial charge in [-0.3, -0.25) is 4.79 Å². The summed E-state index contributed by atoms with van der Waals surface area (Å²) in [6, 6.07) is 19.5. The molecule has 0 aliphatic heterocycles. The largest absolute Gasteiger partial charge is 0.319 e. The van der Waals surface area contributed by atoms with E-state index in [0.717, 1.165) is 27.9 Å². The van der Waals surface area contributed by atoms with Crippen LogP contribution in [0.4, 0.5) is 10.1 Å². The highest BCUT2D eigenvalue weighted by Crippen LogP contribution is 2.25. The van der Waals surface area contributed by atoms with Gasteiger partial charge in [0.15, 0.2) is 5.82 Å². The lowest BCUT2D eigenvalue weighted by Gasteiger charge is -2.10. The summed E-state index contributed by atoms with van der Waals surface area (Å²) in [5.74, 6) is -0.213. The number of carbonyl (C=O) groups excluding carboxylic acids is 1. The maximum Gasteiger partial charge on any atom is 0.295 e. The minimum Gasteiger partial charge on any atom is -0.319 e. The minimum atomic E-state index is -0.459. The highest BCUT2D eigenvalue weighted by Gasteiger charge is 2.20. The molecule has 1 aromatic heterocycles. The van der Waals surface area contributed by atoms with E-state index in [0.29, 0.717) is 11.5 Å². The number of anilines is 1. The van der Waals surface area contributed by atoms with Crippen molar-refractivity contribution in [3.8, 4) is 17.1 Å². The molecule has 0 unspecified atom stereocenters. The molecule has 0 bridgehead atoms. The van der Waals surface area contributed by atoms with Gasteiger partial charge in [0.25, 0.3) is 5.91 Å². The van der Waals surface area contributed by atoms with Crippen LogP contribution in [0, 0.1) is 26.6 Å². The summed E-state index contributed by atoms with van der Waals surface area (Å²) in [6.45, 7) is 6.02. The van der Waals surface area contributed by atoms with E-state index in [9.17, 15) is 9.18 Å². The van der Waals surface area contributed by atoms with E-state index < -0.39 is 5.91 Å². The van der Waals surface area contributed by atoms with Crippen LogP contribution < -0.4 is 5.32 Å². The Morgan fingerprint density at radius 1 is 0.900 bits per heavy atom. The van der Waals surface area contributed by atoms with Crippen molar-refractivity contribution >= 4 is 11.6 Å². The van der Waals surface area contributed by atoms with Gasteiger partial charge in [-0.25, -0.2) is 14.1 Å². The zero-order valence-electron chi connectivity index (χ0n) is 17.0. The number of nitrogens with zero attached hydrogens (tertiary/aromatic N) is 3. The molecule has 150 valence electrons. The van der Waals surface area contributed by atoms with Crippen molar-refractivity contribution in [1.29, 1.82) is 0 Å². The Hall–Kier alpha value is -3.80. The third kappa shape index (κ3) is 3.98. The van der Waals surface area contributed by atoms with Crippen molar-refractivity contribution in [2.75, 3.05) is 5.32 Å². The molecule has 0 aliphatic carbocycles. The molecule has 0 radical (unpaired) electrons. The zero-order valence-corrected chi connectivity index (χ0v) is 17.0. The summed E-state index contributed by atoms with van der Waals surface area (Å²) in [7, 11) is 0. The van der Waals surface area contributed by atoms with Crippen molar-refractivity contribution in [2.45, 2.75) is 20.8 Å². The fraction of sp³-hybridized carbons (Fsp3) is 0.125. The lowest BCUT2D eigenvalue weighted by atomic mass is 10.1. The molecule has 0 saturated carbocycles. The second-order valence-corrected chi connectivity index (χ2v) is 7.29. The second-order valence-electron chi connectivity index (χ2n) is 7.29. The summed E-state index contributed by atoms with van der Waals surface area (Å²) in [5.41, 5.74) is 5.42. The number of hydrogen-bond donors (Lipinski definition) is 1. The summed E-state index contributed by atoms with van der Waals surface area (Å²) >= 11 is 0. The molecule has 0 fully saturated rings. The molecular formula is C24H21FN4O. The molecule has 0 saturated heterocycles. The average molecular weight is 400 g/mol. The highest BCUT2D eigenvalue weighted by atomic mass is 19.1. The Morgan fingerprint density at radius 2 is 1.57 bits per heavy atom. The number of hydrogen-bond acceptors (Lipinski definition) is 3. The molecule has 1 heterocycles. The first kappa shape index (κ1) is 19.5. The number of nitrogens with one attached hydrogen (secondary N) is 1. The molecular weight excluding hydrogens is 379 g/mol. The number of amides is 1. The Labute approximate surface area is 174 Å². The summed E-state index contributed by atoms with van der Waals surface area (Å²) in [6.07, 6.45) is 0. The van der Waals surface area contributed by atoms with Gasteiger partial charge in [0.05, 0.1) is 5.69 Å². The van der Waals surface area contributed by atoms with Gasteiger partial charge in [0.1, 0.15) is 5.82 Å². The minimum absolute atomic E-state index is 0.0378. The first-order valence-electron chi connectivity index (χ1n) is 9.59. The lowest BCUT2D eigenvalue weighted by molar-refractivity contribution is 0.101. The van der Waals surface area contributed by atoms with E-state index in [-0.39, 0.29) is 11.6 Å². The smallest absolute Gasteiger partial charge is 0.295 e. The quantitative estimate of drug-likeness (QED) is 0.509. The number of halogens is 1. The molecule has 0 spiro atoms. The van der Waals surface area contributed by atoms with Crippen LogP contribution >= 0.6 is 0 Å². The number of aromatic nitrogens is 3. The first-order valence-corrected chi connectivity index (χ1v) is 9.59. The van der Waals surface area contributed by atoms with Crippen molar-refractivity contribution < 1.29 is 9.18 Å². The first-order chi connectivity index (χ1) is 14.4. The van der Waals surface area contributed by atoms with Gasteiger partial charge in [0, 0.05) is 11.3 Å². The van der Waals surface area contributed by atoms with E-state index in [4.69, 9.17) is 0 Å². The van der Waals surface area contributed by atoms with Gasteiger partial charge in [-0.2, -0.15) is 0 Å². The number of aryl methyl sites for hydroxylation is 3. The van der Waals surface area contributed by atoms with E-state index >= 15 is 0 Å². The van der Waals surface area contributed by atoms with Gasteiger partial charge < -0.3 is 5.32 Å². The van der Waals surface area contributed by atoms with Crippen LogP contribution in [0.25, 0.3) is 17.1 Å². The summed E-state index contributed by atoms with van der Waals surface area (Å²) in [5, 5.41) is 7.23. The van der Waals surface area contributed by atoms with Gasteiger partial charge in [0.2, 0.25) is 5.82 Å². The van der Waals surface area contributed by atoms with Crippen LogP contribution in [-0.2, 0) is 0 Å². The standard InChI is InChI=1S/C24H21FN4O/c1-15-5-8-18(9-6-15)23-27-22(24(30)26-20-12-10-19(25)11-13-20)28-29(23)21-14-16(2)4-7-17(21)3/h4-14H,1-3H3,(H,26,30). The molecule has 30 heavy (non-hydrogen) atoms.